The lowest BCUT2D eigenvalue weighted by Gasteiger charge is -2.23. The van der Waals surface area contributed by atoms with Gasteiger partial charge in [-0.05, 0) is 39.7 Å². The summed E-state index contributed by atoms with van der Waals surface area (Å²) in [4.78, 5) is 23.9. The maximum atomic E-state index is 12.7. The van der Waals surface area contributed by atoms with Crippen LogP contribution in [0.2, 0.25) is 0 Å². The number of carbonyl (C=O) groups excluding carboxylic acids is 2. The molecule has 0 radical (unpaired) electrons. The maximum absolute atomic E-state index is 12.7. The van der Waals surface area contributed by atoms with Crippen molar-refractivity contribution < 1.29 is 14.7 Å². The van der Waals surface area contributed by atoms with Crippen LogP contribution in [0.25, 0.3) is 0 Å². The molecule has 0 aliphatic carbocycles. The van der Waals surface area contributed by atoms with Crippen molar-refractivity contribution in [3.8, 4) is 0 Å². The van der Waals surface area contributed by atoms with Crippen molar-refractivity contribution in [3.05, 3.63) is 70.8 Å². The Kier molecular flexibility index (Phi) is 6.33. The Morgan fingerprint density at radius 1 is 0.821 bits per heavy atom. The Morgan fingerprint density at radius 2 is 1.25 bits per heavy atom. The van der Waals surface area contributed by atoms with E-state index in [1.54, 1.807) is 12.1 Å². The average molecular weight is 381 g/mol. The fourth-order valence-corrected chi connectivity index (χ4v) is 3.00. The molecule has 0 aliphatic rings. The van der Waals surface area contributed by atoms with Gasteiger partial charge < -0.3 is 15.2 Å². The third kappa shape index (κ3) is 5.69. The van der Waals surface area contributed by atoms with Crippen LogP contribution >= 0.6 is 0 Å². The number of rotatable bonds is 5. The lowest BCUT2D eigenvalue weighted by Crippen LogP contribution is -2.34. The van der Waals surface area contributed by atoms with Crippen LogP contribution in [0.4, 0.5) is 0 Å². The summed E-state index contributed by atoms with van der Waals surface area (Å²) in [6.07, 6.45) is -0.277. The van der Waals surface area contributed by atoms with Gasteiger partial charge >= 0.3 is 0 Å². The maximum Gasteiger partial charge on any atom is 0.251 e. The molecule has 2 rings (SSSR count). The van der Waals surface area contributed by atoms with Crippen molar-refractivity contribution in [3.63, 3.8) is 0 Å². The Bertz CT molecular complexity index is 822. The molecule has 0 saturated carbocycles. The molecule has 4 nitrogen and oxygen atoms in total. The Morgan fingerprint density at radius 3 is 1.64 bits per heavy atom. The molecule has 0 bridgehead atoms. The highest BCUT2D eigenvalue weighted by Crippen LogP contribution is 2.26. The van der Waals surface area contributed by atoms with Crippen molar-refractivity contribution in [1.82, 2.24) is 5.32 Å². The summed E-state index contributed by atoms with van der Waals surface area (Å²) < 4.78 is 0. The predicted octanol–water partition coefficient (Wildman–Crippen LogP) is 3.89. The van der Waals surface area contributed by atoms with Gasteiger partial charge in [0.15, 0.2) is 0 Å². The molecule has 150 valence electrons. The lowest BCUT2D eigenvalue weighted by atomic mass is 9.86. The van der Waals surface area contributed by atoms with E-state index in [1.807, 2.05) is 36.4 Å². The normalized spacial score (nSPS) is 13.1. The fourth-order valence-electron chi connectivity index (χ4n) is 3.00. The zero-order valence-corrected chi connectivity index (χ0v) is 17.6. The first-order valence-electron chi connectivity index (χ1n) is 9.59. The highest BCUT2D eigenvalue weighted by atomic mass is 16.4. The van der Waals surface area contributed by atoms with E-state index in [-0.39, 0.29) is 23.2 Å². The van der Waals surface area contributed by atoms with Gasteiger partial charge in [-0.15, -0.1) is 0 Å². The quantitative estimate of drug-likeness (QED) is 0.855. The molecular formula is C24H30NO3-. The van der Waals surface area contributed by atoms with Gasteiger partial charge in [0.1, 0.15) is 0 Å². The van der Waals surface area contributed by atoms with Crippen LogP contribution in [-0.2, 0) is 15.6 Å². The monoisotopic (exact) mass is 380 g/mol. The molecule has 1 N–H and O–H groups in total. The van der Waals surface area contributed by atoms with Crippen LogP contribution in [0.5, 0.6) is 0 Å². The number of aliphatic carboxylic acids is 1. The van der Waals surface area contributed by atoms with Gasteiger partial charge in [0.25, 0.3) is 5.91 Å². The van der Waals surface area contributed by atoms with Gasteiger partial charge in [0, 0.05) is 18.0 Å². The van der Waals surface area contributed by atoms with Crippen LogP contribution in [0, 0.1) is 0 Å². The molecule has 2 aromatic rings. The molecule has 2 aromatic carbocycles. The summed E-state index contributed by atoms with van der Waals surface area (Å²) in [7, 11) is 0. The minimum absolute atomic E-state index is 0.000425. The minimum atomic E-state index is -1.20. The van der Waals surface area contributed by atoms with Crippen molar-refractivity contribution in [2.45, 2.75) is 64.8 Å². The largest absolute Gasteiger partial charge is 0.550 e. The Balaban J connectivity index is 2.22. The third-order valence-corrected chi connectivity index (χ3v) is 4.87. The molecule has 1 atom stereocenters. The lowest BCUT2D eigenvalue weighted by molar-refractivity contribution is -0.306. The number of benzene rings is 2. The second-order valence-corrected chi connectivity index (χ2v) is 9.30. The SMILES string of the molecule is CC(C)(C)c1ccc(C(=O)NC(CC(=O)[O-])c2ccc(C(C)(C)C)cc2)cc1. The summed E-state index contributed by atoms with van der Waals surface area (Å²) >= 11 is 0. The molecule has 0 aliphatic heterocycles. The van der Waals surface area contributed by atoms with Gasteiger partial charge in [-0.3, -0.25) is 4.79 Å². The number of carboxylic acids is 1. The summed E-state index contributed by atoms with van der Waals surface area (Å²) in [5.41, 5.74) is 3.53. The minimum Gasteiger partial charge on any atom is -0.550 e. The molecule has 1 unspecified atom stereocenters. The van der Waals surface area contributed by atoms with E-state index in [0.717, 1.165) is 16.7 Å². The average Bonchev–Trinajstić information content (AvgIpc) is 2.59. The van der Waals surface area contributed by atoms with E-state index < -0.39 is 12.0 Å². The number of hydrogen-bond acceptors (Lipinski definition) is 3. The van der Waals surface area contributed by atoms with Crippen LogP contribution in [0.1, 0.15) is 81.1 Å². The third-order valence-electron chi connectivity index (χ3n) is 4.87. The van der Waals surface area contributed by atoms with Crippen LogP contribution < -0.4 is 10.4 Å². The van der Waals surface area contributed by atoms with E-state index in [2.05, 4.69) is 46.9 Å². The van der Waals surface area contributed by atoms with Gasteiger partial charge in [-0.1, -0.05) is 77.9 Å². The molecule has 28 heavy (non-hydrogen) atoms. The van der Waals surface area contributed by atoms with E-state index in [9.17, 15) is 14.7 Å². The molecule has 1 amide bonds. The smallest absolute Gasteiger partial charge is 0.251 e. The summed E-state index contributed by atoms with van der Waals surface area (Å²) in [5.74, 6) is -1.50. The van der Waals surface area contributed by atoms with Crippen LogP contribution in [0.15, 0.2) is 48.5 Å². The second kappa shape index (κ2) is 8.17. The molecular weight excluding hydrogens is 350 g/mol. The first-order chi connectivity index (χ1) is 12.9. The van der Waals surface area contributed by atoms with Gasteiger partial charge in [0.05, 0.1) is 6.04 Å². The Labute approximate surface area is 168 Å². The number of hydrogen-bond donors (Lipinski definition) is 1. The molecule has 0 fully saturated rings. The fraction of sp³-hybridized carbons (Fsp3) is 0.417. The number of amides is 1. The summed E-state index contributed by atoms with van der Waals surface area (Å²) in [5, 5.41) is 14.1. The van der Waals surface area contributed by atoms with Gasteiger partial charge in [-0.25, -0.2) is 0 Å². The van der Waals surface area contributed by atoms with E-state index in [4.69, 9.17) is 0 Å². The van der Waals surface area contributed by atoms with E-state index in [1.165, 1.54) is 0 Å². The highest BCUT2D eigenvalue weighted by molar-refractivity contribution is 5.94. The van der Waals surface area contributed by atoms with Crippen molar-refractivity contribution in [2.75, 3.05) is 0 Å². The zero-order chi connectivity index (χ0) is 21.1. The van der Waals surface area contributed by atoms with Crippen molar-refractivity contribution in [2.24, 2.45) is 0 Å². The predicted molar refractivity (Wildman–Crippen MR) is 110 cm³/mol. The first-order valence-corrected chi connectivity index (χ1v) is 9.59. The zero-order valence-electron chi connectivity index (χ0n) is 17.6. The molecule has 0 saturated heterocycles. The molecule has 0 aromatic heterocycles. The summed E-state index contributed by atoms with van der Waals surface area (Å²) in [6.45, 7) is 12.7. The van der Waals surface area contributed by atoms with Gasteiger partial charge in [-0.2, -0.15) is 0 Å². The number of carboxylic acid groups (broad SMARTS) is 1. The molecule has 0 heterocycles. The second-order valence-electron chi connectivity index (χ2n) is 9.30. The van der Waals surface area contributed by atoms with Crippen LogP contribution in [0.3, 0.4) is 0 Å². The van der Waals surface area contributed by atoms with Crippen molar-refractivity contribution >= 4 is 11.9 Å². The topological polar surface area (TPSA) is 69.2 Å². The molecule has 0 spiro atoms. The standard InChI is InChI=1S/C24H31NO3/c1-23(2,3)18-11-7-16(8-12-18)20(15-21(26)27)25-22(28)17-9-13-19(14-10-17)24(4,5)6/h7-14,20H,15H2,1-6H3,(H,25,28)(H,26,27)/p-1. The number of carbonyl (C=O) groups is 2. The van der Waals surface area contributed by atoms with Gasteiger partial charge in [0.2, 0.25) is 0 Å². The Hall–Kier alpha value is -2.62. The molecule has 4 heteroatoms. The first kappa shape index (κ1) is 21.7. The van der Waals surface area contributed by atoms with E-state index in [0.29, 0.717) is 5.56 Å². The summed E-state index contributed by atoms with van der Waals surface area (Å²) in [6, 6.07) is 14.5. The number of nitrogens with one attached hydrogen (secondary N) is 1. The van der Waals surface area contributed by atoms with E-state index >= 15 is 0 Å². The van der Waals surface area contributed by atoms with Crippen molar-refractivity contribution in [1.29, 1.82) is 0 Å². The van der Waals surface area contributed by atoms with Crippen LogP contribution in [-0.4, -0.2) is 11.9 Å². The highest BCUT2D eigenvalue weighted by Gasteiger charge is 2.19.